The number of H-pyrrole nitrogens is 1. The molecule has 1 aromatic rings. The van der Waals surface area contributed by atoms with E-state index in [0.717, 1.165) is 5.56 Å². The van der Waals surface area contributed by atoms with Gasteiger partial charge >= 0.3 is 5.69 Å². The molecule has 3 nitrogen and oxygen atoms in total. The predicted molar refractivity (Wildman–Crippen MR) is 52.9 cm³/mol. The van der Waals surface area contributed by atoms with E-state index in [-0.39, 0.29) is 0 Å². The molecule has 0 spiro atoms. The van der Waals surface area contributed by atoms with Crippen molar-refractivity contribution in [2.45, 2.75) is 32.9 Å². The minimum absolute atomic E-state index is 0.321. The molecule has 0 aliphatic carbocycles. The molecule has 0 radical (unpaired) electrons. The zero-order valence-electron chi connectivity index (χ0n) is 8.46. The zero-order chi connectivity index (χ0) is 10.6. The Morgan fingerprint density at radius 1 is 1.57 bits per heavy atom. The van der Waals surface area contributed by atoms with Crippen LogP contribution in [0.15, 0.2) is 17.2 Å². The summed E-state index contributed by atoms with van der Waals surface area (Å²) in [7, 11) is 0. The van der Waals surface area contributed by atoms with Crippen LogP contribution < -0.4 is 5.69 Å². The lowest BCUT2D eigenvalue weighted by Gasteiger charge is -2.09. The molecule has 1 unspecified atom stereocenters. The van der Waals surface area contributed by atoms with Gasteiger partial charge in [0.2, 0.25) is 0 Å². The first kappa shape index (κ1) is 10.9. The number of aromatic nitrogens is 2. The Hall–Kier alpha value is -1.19. The van der Waals surface area contributed by atoms with Crippen molar-refractivity contribution in [1.29, 1.82) is 0 Å². The quantitative estimate of drug-likeness (QED) is 0.800. The molecule has 0 bridgehead atoms. The van der Waals surface area contributed by atoms with Crippen molar-refractivity contribution in [2.75, 3.05) is 0 Å². The first-order valence-electron chi connectivity index (χ1n) is 4.75. The summed E-state index contributed by atoms with van der Waals surface area (Å²) in [6.07, 6.45) is 2.94. The molecular formula is C10H15FN2O. The second kappa shape index (κ2) is 4.88. The topological polar surface area (TPSA) is 45.8 Å². The van der Waals surface area contributed by atoms with E-state index < -0.39 is 11.9 Å². The Morgan fingerprint density at radius 2 is 2.29 bits per heavy atom. The molecule has 14 heavy (non-hydrogen) atoms. The summed E-state index contributed by atoms with van der Waals surface area (Å²) >= 11 is 0. The van der Waals surface area contributed by atoms with Crippen LogP contribution in [0.5, 0.6) is 0 Å². The molecule has 1 N–H and O–H groups in total. The van der Waals surface area contributed by atoms with Crippen molar-refractivity contribution >= 4 is 0 Å². The molecule has 0 saturated carbocycles. The van der Waals surface area contributed by atoms with Gasteiger partial charge in [-0.25, -0.2) is 14.2 Å². The average Bonchev–Trinajstić information content (AvgIpc) is 2.07. The number of hydrogen-bond donors (Lipinski definition) is 1. The van der Waals surface area contributed by atoms with Crippen LogP contribution in [0.25, 0.3) is 0 Å². The van der Waals surface area contributed by atoms with Crippen LogP contribution >= 0.6 is 0 Å². The maximum atomic E-state index is 13.3. The highest BCUT2D eigenvalue weighted by atomic mass is 19.1. The average molecular weight is 198 g/mol. The third kappa shape index (κ3) is 3.68. The third-order valence-corrected chi connectivity index (χ3v) is 1.91. The standard InChI is InChI=1S/C10H15FN2O/c1-7(2)3-9(11)4-8-5-12-10(14)13-6-8/h5-7,9H,3-4H2,1-2H3,(H,12,13,14). The molecule has 1 heterocycles. The van der Waals surface area contributed by atoms with Crippen LogP contribution in [0, 0.1) is 5.92 Å². The van der Waals surface area contributed by atoms with Crippen molar-refractivity contribution in [3.8, 4) is 0 Å². The van der Waals surface area contributed by atoms with E-state index >= 15 is 0 Å². The Labute approximate surface area is 82.4 Å². The molecule has 0 saturated heterocycles. The highest BCUT2D eigenvalue weighted by Gasteiger charge is 2.10. The SMILES string of the molecule is CC(C)CC(F)Cc1cnc(=O)[nH]c1. The highest BCUT2D eigenvalue weighted by molar-refractivity contribution is 5.03. The van der Waals surface area contributed by atoms with Crippen LogP contribution in [-0.2, 0) is 6.42 Å². The first-order chi connectivity index (χ1) is 6.58. The molecule has 0 aliphatic heterocycles. The minimum Gasteiger partial charge on any atom is -0.312 e. The molecule has 4 heteroatoms. The van der Waals surface area contributed by atoms with Gasteiger partial charge in [0.25, 0.3) is 0 Å². The Morgan fingerprint density at radius 3 is 2.79 bits per heavy atom. The summed E-state index contributed by atoms with van der Waals surface area (Å²) in [6.45, 7) is 3.97. The summed E-state index contributed by atoms with van der Waals surface area (Å²) in [6, 6.07) is 0. The largest absolute Gasteiger partial charge is 0.344 e. The van der Waals surface area contributed by atoms with Crippen molar-refractivity contribution < 1.29 is 4.39 Å². The van der Waals surface area contributed by atoms with Gasteiger partial charge in [-0.2, -0.15) is 0 Å². The number of alkyl halides is 1. The number of halogens is 1. The molecule has 1 rings (SSSR count). The smallest absolute Gasteiger partial charge is 0.312 e. The van der Waals surface area contributed by atoms with Gasteiger partial charge in [-0.3, -0.25) is 0 Å². The van der Waals surface area contributed by atoms with Crippen LogP contribution in [0.1, 0.15) is 25.8 Å². The number of hydrogen-bond acceptors (Lipinski definition) is 2. The van der Waals surface area contributed by atoms with Crippen molar-refractivity contribution in [3.63, 3.8) is 0 Å². The number of nitrogens with one attached hydrogen (secondary N) is 1. The lowest BCUT2D eigenvalue weighted by atomic mass is 10.0. The molecule has 1 aromatic heterocycles. The van der Waals surface area contributed by atoms with Crippen molar-refractivity contribution in [1.82, 2.24) is 9.97 Å². The number of aromatic amines is 1. The van der Waals surface area contributed by atoms with E-state index in [2.05, 4.69) is 9.97 Å². The highest BCUT2D eigenvalue weighted by Crippen LogP contribution is 2.12. The molecular weight excluding hydrogens is 183 g/mol. The molecule has 0 fully saturated rings. The van der Waals surface area contributed by atoms with Gasteiger partial charge in [-0.15, -0.1) is 0 Å². The second-order valence-electron chi connectivity index (χ2n) is 3.86. The van der Waals surface area contributed by atoms with E-state index in [9.17, 15) is 9.18 Å². The van der Waals surface area contributed by atoms with E-state index in [1.807, 2.05) is 13.8 Å². The number of rotatable bonds is 4. The maximum absolute atomic E-state index is 13.3. The first-order valence-corrected chi connectivity index (χ1v) is 4.75. The van der Waals surface area contributed by atoms with Gasteiger partial charge in [0, 0.05) is 18.8 Å². The minimum atomic E-state index is -0.859. The fourth-order valence-electron chi connectivity index (χ4n) is 1.33. The lowest BCUT2D eigenvalue weighted by molar-refractivity contribution is 0.281. The molecule has 78 valence electrons. The monoisotopic (exact) mass is 198 g/mol. The maximum Gasteiger partial charge on any atom is 0.344 e. The van der Waals surface area contributed by atoms with Crippen LogP contribution in [-0.4, -0.2) is 16.1 Å². The van der Waals surface area contributed by atoms with Crippen molar-refractivity contribution in [3.05, 3.63) is 28.4 Å². The van der Waals surface area contributed by atoms with E-state index in [4.69, 9.17) is 0 Å². The second-order valence-corrected chi connectivity index (χ2v) is 3.86. The fraction of sp³-hybridized carbons (Fsp3) is 0.600. The van der Waals surface area contributed by atoms with Gasteiger partial charge in [-0.1, -0.05) is 13.8 Å². The van der Waals surface area contributed by atoms with Gasteiger partial charge in [0.1, 0.15) is 6.17 Å². The van der Waals surface area contributed by atoms with Gasteiger partial charge in [0.15, 0.2) is 0 Å². The summed E-state index contributed by atoms with van der Waals surface area (Å²) in [4.78, 5) is 16.6. The van der Waals surface area contributed by atoms with Crippen LogP contribution in [0.2, 0.25) is 0 Å². The third-order valence-electron chi connectivity index (χ3n) is 1.91. The van der Waals surface area contributed by atoms with Crippen LogP contribution in [0.3, 0.4) is 0 Å². The van der Waals surface area contributed by atoms with Crippen LogP contribution in [0.4, 0.5) is 4.39 Å². The van der Waals surface area contributed by atoms with Gasteiger partial charge in [0.05, 0.1) is 0 Å². The van der Waals surface area contributed by atoms with Crippen molar-refractivity contribution in [2.24, 2.45) is 5.92 Å². The van der Waals surface area contributed by atoms with Gasteiger partial charge < -0.3 is 4.98 Å². The Kier molecular flexibility index (Phi) is 3.80. The normalized spacial score (nSPS) is 13.1. The molecule has 0 aliphatic rings. The Balaban J connectivity index is 2.52. The van der Waals surface area contributed by atoms with Gasteiger partial charge in [-0.05, 0) is 17.9 Å². The summed E-state index contributed by atoms with van der Waals surface area (Å²) < 4.78 is 13.3. The number of nitrogens with zero attached hydrogens (tertiary/aromatic N) is 1. The van der Waals surface area contributed by atoms with E-state index in [0.29, 0.717) is 18.8 Å². The molecule has 0 aromatic carbocycles. The predicted octanol–water partition coefficient (Wildman–Crippen LogP) is 1.70. The summed E-state index contributed by atoms with van der Waals surface area (Å²) in [5.41, 5.74) is 0.339. The molecule has 0 amide bonds. The summed E-state index contributed by atoms with van der Waals surface area (Å²) in [5, 5.41) is 0. The lowest BCUT2D eigenvalue weighted by Crippen LogP contribution is -2.13. The molecule has 1 atom stereocenters. The van der Waals surface area contributed by atoms with E-state index in [1.165, 1.54) is 12.4 Å². The van der Waals surface area contributed by atoms with E-state index in [1.54, 1.807) is 0 Å². The fourth-order valence-corrected chi connectivity index (χ4v) is 1.33. The zero-order valence-corrected chi connectivity index (χ0v) is 8.46. The summed E-state index contributed by atoms with van der Waals surface area (Å²) in [5.74, 6) is 0.348. The Bertz CT molecular complexity index is 315.